The van der Waals surface area contributed by atoms with E-state index in [1.807, 2.05) is 0 Å². The fourth-order valence-electron chi connectivity index (χ4n) is 2.47. The number of methoxy groups -OCH3 is 1. The summed E-state index contributed by atoms with van der Waals surface area (Å²) in [5.74, 6) is -0.282. The minimum absolute atomic E-state index is 0.0143. The molecule has 2 amide bonds. The third-order valence-corrected chi connectivity index (χ3v) is 3.72. The summed E-state index contributed by atoms with van der Waals surface area (Å²) in [4.78, 5) is 36.7. The van der Waals surface area contributed by atoms with Crippen molar-refractivity contribution in [3.8, 4) is 0 Å². The molecule has 0 saturated carbocycles. The quantitative estimate of drug-likeness (QED) is 0.765. The summed E-state index contributed by atoms with van der Waals surface area (Å²) in [6.45, 7) is 2.96. The number of nitrogens with one attached hydrogen (secondary N) is 1. The summed E-state index contributed by atoms with van der Waals surface area (Å²) in [5, 5.41) is 9.96. The molecule has 0 aromatic carbocycles. The Morgan fingerprint density at radius 1 is 1.33 bits per heavy atom. The number of carbonyl (C=O) groups is 3. The van der Waals surface area contributed by atoms with E-state index in [1.165, 1.54) is 18.0 Å². The van der Waals surface area contributed by atoms with Gasteiger partial charge in [-0.15, -0.1) is 5.10 Å². The van der Waals surface area contributed by atoms with Crippen LogP contribution < -0.4 is 5.32 Å². The SMILES string of the molecule is CCOC(=O)Nc1cn(CC(=O)N2CCC(C(=O)OC)CC2)nn1. The van der Waals surface area contributed by atoms with Crippen molar-refractivity contribution in [3.05, 3.63) is 6.20 Å². The minimum Gasteiger partial charge on any atom is -0.469 e. The molecule has 1 saturated heterocycles. The van der Waals surface area contributed by atoms with Crippen molar-refractivity contribution >= 4 is 23.8 Å². The summed E-state index contributed by atoms with van der Waals surface area (Å²) < 4.78 is 10.8. The van der Waals surface area contributed by atoms with Crippen LogP contribution in [0, 0.1) is 5.92 Å². The summed E-state index contributed by atoms with van der Waals surface area (Å²) in [5.41, 5.74) is 0. The summed E-state index contributed by atoms with van der Waals surface area (Å²) in [6, 6.07) is 0. The molecule has 2 rings (SSSR count). The number of hydrogen-bond donors (Lipinski definition) is 1. The number of esters is 1. The van der Waals surface area contributed by atoms with Crippen LogP contribution in [-0.4, -0.2) is 64.7 Å². The first kappa shape index (κ1) is 17.7. The second-order valence-corrected chi connectivity index (χ2v) is 5.33. The molecule has 0 spiro atoms. The Morgan fingerprint density at radius 3 is 2.67 bits per heavy atom. The Morgan fingerprint density at radius 2 is 2.04 bits per heavy atom. The molecule has 0 aliphatic carbocycles. The van der Waals surface area contributed by atoms with E-state index < -0.39 is 6.09 Å². The Balaban J connectivity index is 1.82. The van der Waals surface area contributed by atoms with Crippen molar-refractivity contribution in [1.82, 2.24) is 19.9 Å². The number of ether oxygens (including phenoxy) is 2. The van der Waals surface area contributed by atoms with Crippen molar-refractivity contribution in [2.45, 2.75) is 26.3 Å². The van der Waals surface area contributed by atoms with Gasteiger partial charge in [0.25, 0.3) is 0 Å². The topological polar surface area (TPSA) is 116 Å². The third-order valence-electron chi connectivity index (χ3n) is 3.72. The van der Waals surface area contributed by atoms with Gasteiger partial charge in [-0.25, -0.2) is 9.48 Å². The Hall–Kier alpha value is -2.65. The Kier molecular flexibility index (Phi) is 6.10. The average molecular weight is 339 g/mol. The molecule has 2 heterocycles. The lowest BCUT2D eigenvalue weighted by Crippen LogP contribution is -2.42. The van der Waals surface area contributed by atoms with Crippen LogP contribution in [0.4, 0.5) is 10.6 Å². The number of carbonyl (C=O) groups excluding carboxylic acids is 3. The summed E-state index contributed by atoms with van der Waals surface area (Å²) in [7, 11) is 1.37. The first-order valence-corrected chi connectivity index (χ1v) is 7.73. The van der Waals surface area contributed by atoms with Crippen LogP contribution in [0.15, 0.2) is 6.20 Å². The zero-order chi connectivity index (χ0) is 17.5. The molecule has 0 unspecified atom stereocenters. The van der Waals surface area contributed by atoms with E-state index in [4.69, 9.17) is 9.47 Å². The van der Waals surface area contributed by atoms with E-state index in [0.29, 0.717) is 25.9 Å². The maximum Gasteiger partial charge on any atom is 0.412 e. The van der Waals surface area contributed by atoms with Gasteiger partial charge in [-0.1, -0.05) is 5.21 Å². The van der Waals surface area contributed by atoms with E-state index in [0.717, 1.165) is 0 Å². The molecular formula is C14H21N5O5. The van der Waals surface area contributed by atoms with Crippen LogP contribution in [0.5, 0.6) is 0 Å². The van der Waals surface area contributed by atoms with E-state index in [1.54, 1.807) is 11.8 Å². The van der Waals surface area contributed by atoms with Gasteiger partial charge in [-0.2, -0.15) is 0 Å². The molecule has 1 aromatic heterocycles. The van der Waals surface area contributed by atoms with Gasteiger partial charge >= 0.3 is 12.1 Å². The highest BCUT2D eigenvalue weighted by atomic mass is 16.5. The predicted octanol–water partition coefficient (Wildman–Crippen LogP) is 0.258. The molecule has 1 fully saturated rings. The zero-order valence-electron chi connectivity index (χ0n) is 13.7. The van der Waals surface area contributed by atoms with Gasteiger partial charge < -0.3 is 14.4 Å². The number of anilines is 1. The predicted molar refractivity (Wildman–Crippen MR) is 82.0 cm³/mol. The third kappa shape index (κ3) is 4.67. The van der Waals surface area contributed by atoms with Crippen molar-refractivity contribution < 1.29 is 23.9 Å². The van der Waals surface area contributed by atoms with Crippen LogP contribution in [0.3, 0.4) is 0 Å². The lowest BCUT2D eigenvalue weighted by Gasteiger charge is -2.30. The molecule has 10 heteroatoms. The van der Waals surface area contributed by atoms with E-state index >= 15 is 0 Å². The molecule has 132 valence electrons. The van der Waals surface area contributed by atoms with Crippen molar-refractivity contribution in [2.24, 2.45) is 5.92 Å². The second-order valence-electron chi connectivity index (χ2n) is 5.33. The number of nitrogens with zero attached hydrogens (tertiary/aromatic N) is 4. The van der Waals surface area contributed by atoms with Crippen molar-refractivity contribution in [1.29, 1.82) is 0 Å². The molecule has 0 bridgehead atoms. The van der Waals surface area contributed by atoms with Gasteiger partial charge in [0.1, 0.15) is 6.54 Å². The number of hydrogen-bond acceptors (Lipinski definition) is 7. The van der Waals surface area contributed by atoms with Crippen LogP contribution in [0.25, 0.3) is 0 Å². The van der Waals surface area contributed by atoms with Crippen molar-refractivity contribution in [3.63, 3.8) is 0 Å². The van der Waals surface area contributed by atoms with Gasteiger partial charge in [-0.3, -0.25) is 14.9 Å². The number of piperidine rings is 1. The number of rotatable bonds is 5. The van der Waals surface area contributed by atoms with E-state index in [2.05, 4.69) is 15.6 Å². The molecule has 1 aliphatic rings. The Bertz CT molecular complexity index is 594. The summed E-state index contributed by atoms with van der Waals surface area (Å²) in [6.07, 6.45) is 2.01. The molecule has 0 atom stereocenters. The highest BCUT2D eigenvalue weighted by Gasteiger charge is 2.28. The van der Waals surface area contributed by atoms with Crippen LogP contribution in [-0.2, 0) is 25.6 Å². The summed E-state index contributed by atoms with van der Waals surface area (Å²) >= 11 is 0. The standard InChI is InChI=1S/C14H21N5O5/c1-3-24-14(22)15-11-8-19(17-16-11)9-12(20)18-6-4-10(5-7-18)13(21)23-2/h8,10H,3-7,9H2,1-2H3,(H,15,22). The lowest BCUT2D eigenvalue weighted by molar-refractivity contribution is -0.149. The van der Waals surface area contributed by atoms with Crippen LogP contribution >= 0.6 is 0 Å². The smallest absolute Gasteiger partial charge is 0.412 e. The number of aromatic nitrogens is 3. The highest BCUT2D eigenvalue weighted by Crippen LogP contribution is 2.18. The number of amides is 2. The molecule has 1 aliphatic heterocycles. The lowest BCUT2D eigenvalue weighted by atomic mass is 9.97. The zero-order valence-corrected chi connectivity index (χ0v) is 13.7. The highest BCUT2D eigenvalue weighted by molar-refractivity contribution is 5.83. The fourth-order valence-corrected chi connectivity index (χ4v) is 2.47. The maximum atomic E-state index is 12.3. The van der Waals surface area contributed by atoms with Crippen molar-refractivity contribution in [2.75, 3.05) is 32.1 Å². The monoisotopic (exact) mass is 339 g/mol. The molecule has 10 nitrogen and oxygen atoms in total. The van der Waals surface area contributed by atoms with Crippen LogP contribution in [0.1, 0.15) is 19.8 Å². The first-order chi connectivity index (χ1) is 11.5. The normalized spacial score (nSPS) is 15.0. The molecular weight excluding hydrogens is 318 g/mol. The largest absolute Gasteiger partial charge is 0.469 e. The molecule has 24 heavy (non-hydrogen) atoms. The fraction of sp³-hybridized carbons (Fsp3) is 0.643. The van der Waals surface area contributed by atoms with E-state index in [-0.39, 0.29) is 36.8 Å². The van der Waals surface area contributed by atoms with Gasteiger partial charge in [0.15, 0.2) is 5.82 Å². The average Bonchev–Trinajstić information content (AvgIpc) is 3.01. The molecule has 1 N–H and O–H groups in total. The van der Waals surface area contributed by atoms with Gasteiger partial charge in [0.05, 0.1) is 25.8 Å². The minimum atomic E-state index is -0.624. The first-order valence-electron chi connectivity index (χ1n) is 7.73. The Labute approximate surface area is 139 Å². The van der Waals surface area contributed by atoms with Gasteiger partial charge in [0, 0.05) is 13.1 Å². The molecule has 0 radical (unpaired) electrons. The van der Waals surface area contributed by atoms with Crippen LogP contribution in [0.2, 0.25) is 0 Å². The molecule has 1 aromatic rings. The van der Waals surface area contributed by atoms with Gasteiger partial charge in [0.2, 0.25) is 5.91 Å². The van der Waals surface area contributed by atoms with E-state index in [9.17, 15) is 14.4 Å². The maximum absolute atomic E-state index is 12.3. The second kappa shape index (κ2) is 8.27. The number of likely N-dealkylation sites (tertiary alicyclic amines) is 1. The van der Waals surface area contributed by atoms with Gasteiger partial charge in [-0.05, 0) is 19.8 Å².